The summed E-state index contributed by atoms with van der Waals surface area (Å²) >= 11 is 2.66. The van der Waals surface area contributed by atoms with Crippen LogP contribution in [0.1, 0.15) is 15.2 Å². The molecule has 134 valence electrons. The van der Waals surface area contributed by atoms with E-state index in [1.165, 1.54) is 37.7 Å². The second-order valence-electron chi connectivity index (χ2n) is 5.03. The minimum Gasteiger partial charge on any atom is -0.493 e. The highest BCUT2D eigenvalue weighted by Crippen LogP contribution is 2.36. The summed E-state index contributed by atoms with van der Waals surface area (Å²) in [6.45, 7) is 0. The van der Waals surface area contributed by atoms with Crippen molar-refractivity contribution in [1.29, 1.82) is 0 Å². The number of ether oxygens (including phenoxy) is 2. The number of thioether (sulfide) groups is 1. The molecule has 0 spiro atoms. The molecule has 1 saturated heterocycles. The summed E-state index contributed by atoms with van der Waals surface area (Å²) in [5.74, 6) is -0.802. The van der Waals surface area contributed by atoms with Gasteiger partial charge in [0.25, 0.3) is 5.91 Å². The van der Waals surface area contributed by atoms with Crippen LogP contribution >= 0.6 is 23.1 Å². The second-order valence-corrected chi connectivity index (χ2v) is 7.04. The first-order chi connectivity index (χ1) is 12.5. The molecule has 1 aromatic carbocycles. The number of amidine groups is 1. The van der Waals surface area contributed by atoms with Gasteiger partial charge in [0, 0.05) is 17.0 Å². The van der Waals surface area contributed by atoms with Crippen molar-refractivity contribution in [2.45, 2.75) is 0 Å². The van der Waals surface area contributed by atoms with Crippen LogP contribution in [0.15, 0.2) is 39.5 Å². The Bertz CT molecular complexity index is 919. The highest BCUT2D eigenvalue weighted by atomic mass is 32.2. The fraction of sp³-hybridized carbons (Fsp3) is 0.118. The van der Waals surface area contributed by atoms with Crippen molar-refractivity contribution in [1.82, 2.24) is 5.32 Å². The van der Waals surface area contributed by atoms with E-state index in [0.717, 1.165) is 16.6 Å². The average molecular weight is 390 g/mol. The van der Waals surface area contributed by atoms with Gasteiger partial charge in [-0.25, -0.2) is 9.79 Å². The number of thiophene rings is 1. The first kappa shape index (κ1) is 18.0. The van der Waals surface area contributed by atoms with Crippen LogP contribution in [0.2, 0.25) is 0 Å². The molecule has 1 aliphatic heterocycles. The van der Waals surface area contributed by atoms with Crippen LogP contribution in [-0.4, -0.2) is 36.4 Å². The molecule has 1 aromatic heterocycles. The van der Waals surface area contributed by atoms with Gasteiger partial charge >= 0.3 is 5.97 Å². The van der Waals surface area contributed by atoms with E-state index < -0.39 is 5.97 Å². The monoisotopic (exact) mass is 390 g/mol. The number of carboxylic acid groups (broad SMARTS) is 1. The number of hydrogen-bond acceptors (Lipinski definition) is 7. The Morgan fingerprint density at radius 3 is 2.62 bits per heavy atom. The summed E-state index contributed by atoms with van der Waals surface area (Å²) in [7, 11) is 2.87. The van der Waals surface area contributed by atoms with Crippen LogP contribution in [0.25, 0.3) is 6.08 Å². The van der Waals surface area contributed by atoms with E-state index in [1.54, 1.807) is 6.08 Å². The lowest BCUT2D eigenvalue weighted by atomic mass is 10.1. The number of nitrogens with one attached hydrogen (secondary N) is 1. The SMILES string of the molecule is COc1cc(N=C2NC(=O)/C(=C\c3cccs3)S2)c(C(=O)O)cc1OC. The maximum absolute atomic E-state index is 12.1. The number of carboxylic acids is 1. The summed E-state index contributed by atoms with van der Waals surface area (Å²) in [5.41, 5.74) is 0.107. The van der Waals surface area contributed by atoms with E-state index in [-0.39, 0.29) is 22.9 Å². The second kappa shape index (κ2) is 7.63. The molecule has 2 heterocycles. The van der Waals surface area contributed by atoms with Gasteiger partial charge in [-0.3, -0.25) is 4.79 Å². The molecule has 0 aliphatic carbocycles. The van der Waals surface area contributed by atoms with Gasteiger partial charge in [-0.1, -0.05) is 6.07 Å². The minimum atomic E-state index is -1.16. The fourth-order valence-corrected chi connectivity index (χ4v) is 3.78. The standard InChI is InChI=1S/C17H14N2O5S2/c1-23-12-7-10(16(21)22)11(8-13(12)24-2)18-17-19-15(20)14(26-17)6-9-4-3-5-25-9/h3-8H,1-2H3,(H,21,22)(H,18,19,20)/b14-6+. The number of rotatable bonds is 5. The van der Waals surface area contributed by atoms with Gasteiger partial charge in [0.05, 0.1) is 30.4 Å². The predicted octanol–water partition coefficient (Wildman–Crippen LogP) is 3.36. The molecule has 9 heteroatoms. The summed E-state index contributed by atoms with van der Waals surface area (Å²) < 4.78 is 10.3. The zero-order valence-corrected chi connectivity index (χ0v) is 15.4. The number of benzene rings is 1. The molecule has 1 aliphatic rings. The molecular formula is C17H14N2O5S2. The molecule has 0 saturated carbocycles. The predicted molar refractivity (Wildman–Crippen MR) is 102 cm³/mol. The van der Waals surface area contributed by atoms with Gasteiger partial charge in [-0.15, -0.1) is 11.3 Å². The highest BCUT2D eigenvalue weighted by Gasteiger charge is 2.25. The number of aromatic carboxylic acids is 1. The number of carbonyl (C=O) groups is 2. The van der Waals surface area contributed by atoms with E-state index in [1.807, 2.05) is 17.5 Å². The van der Waals surface area contributed by atoms with Gasteiger partial charge in [0.1, 0.15) is 0 Å². The lowest BCUT2D eigenvalue weighted by Gasteiger charge is -2.10. The summed E-state index contributed by atoms with van der Waals surface area (Å²) in [4.78, 5) is 29.4. The Hall–Kier alpha value is -2.78. The fourth-order valence-electron chi connectivity index (χ4n) is 2.22. The van der Waals surface area contributed by atoms with Gasteiger partial charge in [0.15, 0.2) is 16.7 Å². The molecule has 1 amide bonds. The number of nitrogens with zero attached hydrogens (tertiary/aromatic N) is 1. The largest absolute Gasteiger partial charge is 0.493 e. The molecule has 0 bridgehead atoms. The minimum absolute atomic E-state index is 0.0549. The number of methoxy groups -OCH3 is 2. The molecule has 3 rings (SSSR count). The van der Waals surface area contributed by atoms with Crippen molar-refractivity contribution in [2.75, 3.05) is 14.2 Å². The van der Waals surface area contributed by atoms with Crippen molar-refractivity contribution in [3.05, 3.63) is 45.0 Å². The molecule has 0 atom stereocenters. The van der Waals surface area contributed by atoms with Gasteiger partial charge in [0.2, 0.25) is 0 Å². The topological polar surface area (TPSA) is 97.2 Å². The molecular weight excluding hydrogens is 376 g/mol. The Labute approximate surface area is 157 Å². The van der Waals surface area contributed by atoms with Gasteiger partial charge < -0.3 is 19.9 Å². The lowest BCUT2D eigenvalue weighted by molar-refractivity contribution is -0.115. The summed E-state index contributed by atoms with van der Waals surface area (Å²) in [6, 6.07) is 6.59. The molecule has 0 radical (unpaired) electrons. The molecule has 0 unspecified atom stereocenters. The third-order valence-corrected chi connectivity index (χ3v) is 5.15. The molecule has 26 heavy (non-hydrogen) atoms. The smallest absolute Gasteiger partial charge is 0.338 e. The van der Waals surface area contributed by atoms with Crippen molar-refractivity contribution in [3.63, 3.8) is 0 Å². The molecule has 1 fully saturated rings. The number of carbonyl (C=O) groups excluding carboxylic acids is 1. The Kier molecular flexibility index (Phi) is 5.29. The van der Waals surface area contributed by atoms with Crippen LogP contribution in [-0.2, 0) is 4.79 Å². The van der Waals surface area contributed by atoms with E-state index in [2.05, 4.69) is 10.3 Å². The van der Waals surface area contributed by atoms with Crippen LogP contribution in [0.3, 0.4) is 0 Å². The van der Waals surface area contributed by atoms with Crippen LogP contribution in [0, 0.1) is 0 Å². The van der Waals surface area contributed by atoms with Crippen LogP contribution in [0.4, 0.5) is 5.69 Å². The Balaban J connectivity index is 1.97. The van der Waals surface area contributed by atoms with Crippen molar-refractivity contribution in [2.24, 2.45) is 4.99 Å². The van der Waals surface area contributed by atoms with Crippen LogP contribution < -0.4 is 14.8 Å². The third kappa shape index (κ3) is 3.73. The average Bonchev–Trinajstić information content (AvgIpc) is 3.24. The van der Waals surface area contributed by atoms with Gasteiger partial charge in [-0.2, -0.15) is 0 Å². The zero-order valence-electron chi connectivity index (χ0n) is 13.8. The van der Waals surface area contributed by atoms with Crippen molar-refractivity contribution in [3.8, 4) is 11.5 Å². The highest BCUT2D eigenvalue weighted by molar-refractivity contribution is 8.18. The zero-order chi connectivity index (χ0) is 18.7. The summed E-state index contributed by atoms with van der Waals surface area (Å²) in [6.07, 6.45) is 1.76. The Morgan fingerprint density at radius 1 is 1.27 bits per heavy atom. The molecule has 2 aromatic rings. The molecule has 7 nitrogen and oxygen atoms in total. The lowest BCUT2D eigenvalue weighted by Crippen LogP contribution is -2.19. The van der Waals surface area contributed by atoms with Gasteiger partial charge in [-0.05, 0) is 29.3 Å². The normalized spacial score (nSPS) is 16.8. The number of aliphatic imine (C=N–C) groups is 1. The number of amides is 1. The number of hydrogen-bond donors (Lipinski definition) is 2. The van der Waals surface area contributed by atoms with Crippen molar-refractivity contribution < 1.29 is 24.2 Å². The van der Waals surface area contributed by atoms with E-state index in [4.69, 9.17) is 9.47 Å². The maximum atomic E-state index is 12.1. The first-order valence-corrected chi connectivity index (χ1v) is 9.04. The van der Waals surface area contributed by atoms with E-state index in [9.17, 15) is 14.7 Å². The third-order valence-electron chi connectivity index (χ3n) is 3.42. The van der Waals surface area contributed by atoms with Crippen molar-refractivity contribution >= 4 is 51.9 Å². The molecule has 2 N–H and O–H groups in total. The Morgan fingerprint density at radius 2 is 2.00 bits per heavy atom. The van der Waals surface area contributed by atoms with Crippen LogP contribution in [0.5, 0.6) is 11.5 Å². The first-order valence-electron chi connectivity index (χ1n) is 7.34. The maximum Gasteiger partial charge on any atom is 0.338 e. The summed E-state index contributed by atoms with van der Waals surface area (Å²) in [5, 5.41) is 14.3. The quantitative estimate of drug-likeness (QED) is 0.760. The van der Waals surface area contributed by atoms with E-state index >= 15 is 0 Å². The van der Waals surface area contributed by atoms with E-state index in [0.29, 0.717) is 15.8 Å².